The van der Waals surface area contributed by atoms with Crippen LogP contribution >= 0.6 is 0 Å². The molecule has 0 aromatic heterocycles. The first-order valence-corrected chi connectivity index (χ1v) is 11.1. The van der Waals surface area contributed by atoms with E-state index < -0.39 is 5.60 Å². The number of fused-ring (bicyclic) bond motifs is 5. The molecular weight excluding hydrogens is 320 g/mol. The minimum atomic E-state index is -0.505. The molecule has 0 unspecified atom stereocenters. The summed E-state index contributed by atoms with van der Waals surface area (Å²) in [4.78, 5) is 12.3. The zero-order chi connectivity index (χ0) is 18.7. The van der Waals surface area contributed by atoms with Crippen molar-refractivity contribution in [3.63, 3.8) is 0 Å². The fraction of sp³-hybridized carbons (Fsp3) is 0.875. The van der Waals surface area contributed by atoms with Crippen LogP contribution < -0.4 is 0 Å². The summed E-state index contributed by atoms with van der Waals surface area (Å²) in [6, 6.07) is 0. The zero-order valence-electron chi connectivity index (χ0n) is 17.1. The van der Waals surface area contributed by atoms with E-state index in [1.54, 1.807) is 0 Å². The number of ketones is 1. The summed E-state index contributed by atoms with van der Waals surface area (Å²) in [6.07, 6.45) is 13.2. The van der Waals surface area contributed by atoms with Crippen LogP contribution in [0.3, 0.4) is 0 Å². The number of carbonyl (C=O) groups is 1. The minimum absolute atomic E-state index is 0.258. The van der Waals surface area contributed by atoms with Crippen molar-refractivity contribution < 1.29 is 9.90 Å². The van der Waals surface area contributed by atoms with Gasteiger partial charge < -0.3 is 5.11 Å². The van der Waals surface area contributed by atoms with Gasteiger partial charge in [-0.3, -0.25) is 4.79 Å². The summed E-state index contributed by atoms with van der Waals surface area (Å²) in [5.74, 6) is 3.77. The molecule has 26 heavy (non-hydrogen) atoms. The molecule has 2 nitrogen and oxygen atoms in total. The molecule has 8 atom stereocenters. The molecule has 4 fully saturated rings. The van der Waals surface area contributed by atoms with Crippen molar-refractivity contribution in [2.75, 3.05) is 0 Å². The summed E-state index contributed by atoms with van der Waals surface area (Å²) in [5, 5.41) is 11.0. The van der Waals surface area contributed by atoms with Crippen LogP contribution in [-0.4, -0.2) is 16.5 Å². The van der Waals surface area contributed by atoms with Crippen LogP contribution in [0, 0.1) is 40.4 Å². The molecular formula is C24H38O2. The van der Waals surface area contributed by atoms with E-state index in [0.29, 0.717) is 23.0 Å². The predicted octanol–water partition coefficient (Wildman–Crippen LogP) is 5.54. The lowest BCUT2D eigenvalue weighted by molar-refractivity contribution is -0.152. The molecule has 0 heterocycles. The van der Waals surface area contributed by atoms with E-state index in [1.165, 1.54) is 38.5 Å². The minimum Gasteiger partial charge on any atom is -0.390 e. The van der Waals surface area contributed by atoms with E-state index in [-0.39, 0.29) is 5.41 Å². The summed E-state index contributed by atoms with van der Waals surface area (Å²) in [6.45, 7) is 10.7. The second-order valence-corrected chi connectivity index (χ2v) is 10.9. The van der Waals surface area contributed by atoms with Gasteiger partial charge in [-0.2, -0.15) is 0 Å². The molecule has 146 valence electrons. The highest BCUT2D eigenvalue weighted by Gasteiger charge is 2.61. The van der Waals surface area contributed by atoms with Gasteiger partial charge >= 0.3 is 0 Å². The Morgan fingerprint density at radius 1 is 1.04 bits per heavy atom. The summed E-state index contributed by atoms with van der Waals surface area (Å²) < 4.78 is 0. The van der Waals surface area contributed by atoms with Crippen molar-refractivity contribution in [1.82, 2.24) is 0 Å². The monoisotopic (exact) mass is 358 g/mol. The number of hydrogen-bond acceptors (Lipinski definition) is 2. The highest BCUT2D eigenvalue weighted by atomic mass is 16.3. The second-order valence-electron chi connectivity index (χ2n) is 10.9. The summed E-state index contributed by atoms with van der Waals surface area (Å²) in [7, 11) is 0. The smallest absolute Gasteiger partial charge is 0.133 e. The maximum absolute atomic E-state index is 12.3. The molecule has 4 aliphatic rings. The molecule has 2 heteroatoms. The maximum Gasteiger partial charge on any atom is 0.133 e. The van der Waals surface area contributed by atoms with Crippen LogP contribution in [0.15, 0.2) is 12.7 Å². The van der Waals surface area contributed by atoms with Crippen LogP contribution in [0.1, 0.15) is 85.0 Å². The normalized spacial score (nSPS) is 53.3. The molecule has 4 saturated carbocycles. The topological polar surface area (TPSA) is 37.3 Å². The SMILES string of the molecule is C=CC[C@@]1(O)CC[C@@]2(C)[C@H](CC[C@@H]3[C@@H]2CC[C@]2(C)[C@@H](C(C)=O)CC[C@@H]32)C1. The maximum atomic E-state index is 12.3. The van der Waals surface area contributed by atoms with Crippen LogP contribution in [0.5, 0.6) is 0 Å². The Morgan fingerprint density at radius 3 is 2.46 bits per heavy atom. The molecule has 4 rings (SSSR count). The van der Waals surface area contributed by atoms with Crippen LogP contribution in [0.4, 0.5) is 0 Å². The van der Waals surface area contributed by atoms with Crippen LogP contribution in [0.25, 0.3) is 0 Å². The fourth-order valence-electron chi connectivity index (χ4n) is 8.44. The Balaban J connectivity index is 1.57. The zero-order valence-corrected chi connectivity index (χ0v) is 17.1. The van der Waals surface area contributed by atoms with Crippen molar-refractivity contribution in [3.8, 4) is 0 Å². The first-order valence-electron chi connectivity index (χ1n) is 11.1. The third-order valence-corrected chi connectivity index (χ3v) is 9.84. The van der Waals surface area contributed by atoms with Crippen molar-refractivity contribution >= 4 is 5.78 Å². The second kappa shape index (κ2) is 6.19. The van der Waals surface area contributed by atoms with Gasteiger partial charge in [-0.1, -0.05) is 19.9 Å². The largest absolute Gasteiger partial charge is 0.390 e. The van der Waals surface area contributed by atoms with Gasteiger partial charge in [0.1, 0.15) is 5.78 Å². The number of rotatable bonds is 3. The number of hydrogen-bond donors (Lipinski definition) is 1. The van der Waals surface area contributed by atoms with Gasteiger partial charge in [0.2, 0.25) is 0 Å². The number of carbonyl (C=O) groups excluding carboxylic acids is 1. The summed E-state index contributed by atoms with van der Waals surface area (Å²) >= 11 is 0. The van der Waals surface area contributed by atoms with Gasteiger partial charge in [0, 0.05) is 5.92 Å². The molecule has 0 radical (unpaired) electrons. The van der Waals surface area contributed by atoms with E-state index in [0.717, 1.165) is 43.4 Å². The first-order chi connectivity index (χ1) is 12.2. The molecule has 1 N–H and O–H groups in total. The molecule has 0 aromatic carbocycles. The van der Waals surface area contributed by atoms with Gasteiger partial charge in [-0.25, -0.2) is 0 Å². The number of Topliss-reactive ketones (excluding diaryl/α,β-unsaturated/α-hetero) is 1. The predicted molar refractivity (Wildman–Crippen MR) is 106 cm³/mol. The van der Waals surface area contributed by atoms with E-state index in [1.807, 2.05) is 13.0 Å². The fourth-order valence-corrected chi connectivity index (χ4v) is 8.44. The molecule has 0 saturated heterocycles. The quantitative estimate of drug-likeness (QED) is 0.672. The lowest BCUT2D eigenvalue weighted by Gasteiger charge is -2.62. The molecule has 0 spiro atoms. The lowest BCUT2D eigenvalue weighted by atomic mass is 9.43. The van der Waals surface area contributed by atoms with E-state index in [2.05, 4.69) is 20.4 Å². The molecule has 0 amide bonds. The first kappa shape index (κ1) is 18.7. The van der Waals surface area contributed by atoms with Gasteiger partial charge in [0.05, 0.1) is 5.60 Å². The van der Waals surface area contributed by atoms with E-state index in [9.17, 15) is 9.90 Å². The third-order valence-electron chi connectivity index (χ3n) is 9.84. The Morgan fingerprint density at radius 2 is 1.77 bits per heavy atom. The summed E-state index contributed by atoms with van der Waals surface area (Å²) in [5.41, 5.74) is 0.148. The number of aliphatic hydroxyl groups is 1. The molecule has 4 aliphatic carbocycles. The molecule has 0 aromatic rings. The van der Waals surface area contributed by atoms with Gasteiger partial charge in [-0.15, -0.1) is 6.58 Å². The van der Waals surface area contributed by atoms with Crippen LogP contribution in [0.2, 0.25) is 0 Å². The standard InChI is InChI=1S/C24H38O2/c1-5-11-24(26)14-13-22(3)17(15-24)6-7-18-20-9-8-19(16(2)25)23(20,4)12-10-21(18)22/h5,17-21,26H,1,6-15H2,2-4H3/t17-,18+,19-,20+,21+,22+,23-,24-/m1/s1. The van der Waals surface area contributed by atoms with Gasteiger partial charge in [0.15, 0.2) is 0 Å². The lowest BCUT2D eigenvalue weighted by Crippen LogP contribution is -2.56. The van der Waals surface area contributed by atoms with E-state index in [4.69, 9.17) is 0 Å². The Kier molecular flexibility index (Phi) is 4.46. The Bertz CT molecular complexity index is 597. The van der Waals surface area contributed by atoms with Crippen LogP contribution in [-0.2, 0) is 4.79 Å². The van der Waals surface area contributed by atoms with Gasteiger partial charge in [-0.05, 0) is 106 Å². The van der Waals surface area contributed by atoms with Gasteiger partial charge in [0.25, 0.3) is 0 Å². The molecule has 0 bridgehead atoms. The highest BCUT2D eigenvalue weighted by Crippen LogP contribution is 2.68. The molecule has 0 aliphatic heterocycles. The highest BCUT2D eigenvalue weighted by molar-refractivity contribution is 5.79. The average molecular weight is 359 g/mol. The van der Waals surface area contributed by atoms with Crippen molar-refractivity contribution in [2.45, 2.75) is 90.6 Å². The average Bonchev–Trinajstić information content (AvgIpc) is 2.93. The third kappa shape index (κ3) is 2.58. The van der Waals surface area contributed by atoms with Crippen molar-refractivity contribution in [1.29, 1.82) is 0 Å². The van der Waals surface area contributed by atoms with Crippen molar-refractivity contribution in [3.05, 3.63) is 12.7 Å². The van der Waals surface area contributed by atoms with E-state index >= 15 is 0 Å². The Hall–Kier alpha value is -0.630. The van der Waals surface area contributed by atoms with Crippen molar-refractivity contribution in [2.24, 2.45) is 40.4 Å². The Labute approximate surface area is 159 Å².